The number of hydrogen-bond acceptors (Lipinski definition) is 8. The van der Waals surface area contributed by atoms with Gasteiger partial charge in [-0.1, -0.05) is 18.6 Å². The van der Waals surface area contributed by atoms with E-state index < -0.39 is 6.17 Å². The Morgan fingerprint density at radius 1 is 1.29 bits per heavy atom. The van der Waals surface area contributed by atoms with E-state index in [9.17, 15) is 9.50 Å². The van der Waals surface area contributed by atoms with E-state index in [2.05, 4.69) is 32.4 Å². The Kier molecular flexibility index (Phi) is 5.75. The van der Waals surface area contributed by atoms with Gasteiger partial charge in [-0.25, -0.2) is 14.1 Å². The molecule has 9 nitrogen and oxygen atoms in total. The van der Waals surface area contributed by atoms with Crippen LogP contribution >= 0.6 is 0 Å². The van der Waals surface area contributed by atoms with Gasteiger partial charge >= 0.3 is 0 Å². The zero-order chi connectivity index (χ0) is 22.0. The molecule has 2 aromatic heterocycles. The van der Waals surface area contributed by atoms with Crippen molar-refractivity contribution < 1.29 is 9.50 Å². The molecule has 0 unspecified atom stereocenters. The standard InChI is InChI=1S/C21H23FN8O/c1-3-13-4-7-17(22)18(8-13)29(2)20-11-24-21(27-26-20)16-6-5-15(9-19(16)31)30-12-14(10-23)25-28-30/h5-6,9,11-13,17-18,31H,3-4,7-8H2,1-2H3/t13-,17+,18-/m1/s1. The summed E-state index contributed by atoms with van der Waals surface area (Å²) >= 11 is 0. The number of phenols is 1. The molecular formula is C21H23FN8O. The maximum absolute atomic E-state index is 14.5. The minimum Gasteiger partial charge on any atom is -0.507 e. The van der Waals surface area contributed by atoms with Gasteiger partial charge in [-0.15, -0.1) is 15.3 Å². The van der Waals surface area contributed by atoms with Gasteiger partial charge in [0.1, 0.15) is 18.0 Å². The maximum Gasteiger partial charge on any atom is 0.185 e. The first-order valence-electron chi connectivity index (χ1n) is 10.2. The zero-order valence-electron chi connectivity index (χ0n) is 17.4. The Bertz CT molecular complexity index is 1090. The molecule has 0 aliphatic heterocycles. The van der Waals surface area contributed by atoms with Crippen molar-refractivity contribution in [2.24, 2.45) is 5.92 Å². The lowest BCUT2D eigenvalue weighted by molar-refractivity contribution is 0.170. The normalized spacial score (nSPS) is 20.9. The monoisotopic (exact) mass is 422 g/mol. The first-order valence-corrected chi connectivity index (χ1v) is 10.2. The molecule has 1 aromatic carbocycles. The third-order valence-corrected chi connectivity index (χ3v) is 5.92. The van der Waals surface area contributed by atoms with Gasteiger partial charge in [0.05, 0.1) is 29.7 Å². The summed E-state index contributed by atoms with van der Waals surface area (Å²) in [7, 11) is 1.82. The van der Waals surface area contributed by atoms with Crippen LogP contribution in [0.3, 0.4) is 0 Å². The number of halogens is 1. The fourth-order valence-electron chi connectivity index (χ4n) is 3.98. The molecule has 0 amide bonds. The molecule has 160 valence electrons. The molecule has 31 heavy (non-hydrogen) atoms. The number of phenolic OH excluding ortho intramolecular Hbond substituents is 1. The molecule has 1 saturated carbocycles. The van der Waals surface area contributed by atoms with Crippen LogP contribution in [0.5, 0.6) is 5.75 Å². The molecule has 0 saturated heterocycles. The molecule has 4 rings (SSSR count). The van der Waals surface area contributed by atoms with Crippen LogP contribution in [0.1, 0.15) is 38.3 Å². The van der Waals surface area contributed by atoms with Gasteiger partial charge in [-0.3, -0.25) is 0 Å². The van der Waals surface area contributed by atoms with Gasteiger partial charge < -0.3 is 10.0 Å². The van der Waals surface area contributed by atoms with E-state index in [0.717, 1.165) is 19.3 Å². The van der Waals surface area contributed by atoms with Crippen molar-refractivity contribution in [1.82, 2.24) is 30.2 Å². The molecule has 1 aliphatic carbocycles. The average molecular weight is 422 g/mol. The highest BCUT2D eigenvalue weighted by molar-refractivity contribution is 5.66. The number of hydrogen-bond donors (Lipinski definition) is 1. The van der Waals surface area contributed by atoms with Crippen molar-refractivity contribution in [1.29, 1.82) is 5.26 Å². The van der Waals surface area contributed by atoms with Crippen LogP contribution in [-0.2, 0) is 0 Å². The van der Waals surface area contributed by atoms with Gasteiger partial charge in [0.15, 0.2) is 17.3 Å². The van der Waals surface area contributed by atoms with Gasteiger partial charge in [-0.2, -0.15) is 5.26 Å². The summed E-state index contributed by atoms with van der Waals surface area (Å²) in [5.74, 6) is 1.21. The van der Waals surface area contributed by atoms with Crippen molar-refractivity contribution in [2.45, 2.75) is 44.8 Å². The highest BCUT2D eigenvalue weighted by Crippen LogP contribution is 2.33. The minimum absolute atomic E-state index is 0.0590. The van der Waals surface area contributed by atoms with E-state index in [1.54, 1.807) is 18.3 Å². The number of aromatic hydroxyl groups is 1. The number of alkyl halides is 1. The summed E-state index contributed by atoms with van der Waals surface area (Å²) < 4.78 is 15.9. The molecule has 3 aromatic rings. The molecule has 0 bridgehead atoms. The summed E-state index contributed by atoms with van der Waals surface area (Å²) in [5.41, 5.74) is 1.11. The van der Waals surface area contributed by atoms with Crippen LogP contribution < -0.4 is 4.90 Å². The summed E-state index contributed by atoms with van der Waals surface area (Å²) in [6.07, 6.45) is 5.43. The van der Waals surface area contributed by atoms with Crippen LogP contribution in [0.2, 0.25) is 0 Å². The Hall–Kier alpha value is -3.61. The fourth-order valence-corrected chi connectivity index (χ4v) is 3.98. The van der Waals surface area contributed by atoms with Crippen LogP contribution in [0.15, 0.2) is 30.6 Å². The molecule has 1 N–H and O–H groups in total. The average Bonchev–Trinajstić information content (AvgIpc) is 3.28. The maximum atomic E-state index is 14.5. The molecule has 10 heteroatoms. The zero-order valence-corrected chi connectivity index (χ0v) is 17.4. The molecule has 3 atom stereocenters. The predicted octanol–water partition coefficient (Wildman–Crippen LogP) is 3.05. The Morgan fingerprint density at radius 2 is 2.13 bits per heavy atom. The summed E-state index contributed by atoms with van der Waals surface area (Å²) in [6, 6.07) is 6.49. The Labute approximate surface area is 179 Å². The second-order valence-electron chi connectivity index (χ2n) is 7.78. The molecule has 1 aliphatic rings. The lowest BCUT2D eigenvalue weighted by Gasteiger charge is -2.37. The number of nitriles is 1. The van der Waals surface area contributed by atoms with Crippen molar-refractivity contribution in [3.63, 3.8) is 0 Å². The van der Waals surface area contributed by atoms with Gasteiger partial charge in [0, 0.05) is 13.1 Å². The summed E-state index contributed by atoms with van der Waals surface area (Å²) in [5, 5.41) is 35.2. The van der Waals surface area contributed by atoms with Crippen molar-refractivity contribution in [3.05, 3.63) is 36.3 Å². The highest BCUT2D eigenvalue weighted by Gasteiger charge is 2.33. The number of aromatic nitrogens is 6. The second kappa shape index (κ2) is 8.63. The van der Waals surface area contributed by atoms with Gasteiger partial charge in [-0.05, 0) is 37.3 Å². The molecule has 0 radical (unpaired) electrons. The van der Waals surface area contributed by atoms with Crippen LogP contribution in [0.25, 0.3) is 17.1 Å². The topological polar surface area (TPSA) is 117 Å². The van der Waals surface area contributed by atoms with E-state index in [0.29, 0.717) is 29.4 Å². The SMILES string of the molecule is CC[C@@H]1CC[C@H](F)[C@H](N(C)c2cnc(-c3ccc(-n4cc(C#N)nn4)cc3O)nn2)C1. The van der Waals surface area contributed by atoms with E-state index in [4.69, 9.17) is 5.26 Å². The van der Waals surface area contributed by atoms with E-state index in [-0.39, 0.29) is 23.3 Å². The van der Waals surface area contributed by atoms with E-state index in [1.165, 1.54) is 16.9 Å². The minimum atomic E-state index is -0.899. The van der Waals surface area contributed by atoms with E-state index in [1.807, 2.05) is 18.0 Å². The quantitative estimate of drug-likeness (QED) is 0.667. The van der Waals surface area contributed by atoms with Crippen molar-refractivity contribution >= 4 is 5.82 Å². The Balaban J connectivity index is 1.53. The van der Waals surface area contributed by atoms with Crippen molar-refractivity contribution in [3.8, 4) is 28.9 Å². The Morgan fingerprint density at radius 3 is 2.77 bits per heavy atom. The third kappa shape index (κ3) is 4.17. The second-order valence-corrected chi connectivity index (χ2v) is 7.78. The number of rotatable bonds is 5. The van der Waals surface area contributed by atoms with Crippen molar-refractivity contribution in [2.75, 3.05) is 11.9 Å². The lowest BCUT2D eigenvalue weighted by Crippen LogP contribution is -2.44. The molecular weight excluding hydrogens is 399 g/mol. The summed E-state index contributed by atoms with van der Waals surface area (Å²) in [4.78, 5) is 6.15. The number of benzene rings is 1. The van der Waals surface area contributed by atoms with Crippen LogP contribution in [-0.4, -0.2) is 54.5 Å². The third-order valence-electron chi connectivity index (χ3n) is 5.92. The molecule has 1 fully saturated rings. The van der Waals surface area contributed by atoms with Gasteiger partial charge in [0.2, 0.25) is 0 Å². The first-order chi connectivity index (χ1) is 15.0. The summed E-state index contributed by atoms with van der Waals surface area (Å²) in [6.45, 7) is 2.14. The number of anilines is 1. The van der Waals surface area contributed by atoms with E-state index >= 15 is 0 Å². The smallest absolute Gasteiger partial charge is 0.185 e. The first kappa shape index (κ1) is 20.7. The highest BCUT2D eigenvalue weighted by atomic mass is 19.1. The van der Waals surface area contributed by atoms with Crippen LogP contribution in [0, 0.1) is 17.2 Å². The molecule has 0 spiro atoms. The number of nitrogens with zero attached hydrogens (tertiary/aromatic N) is 8. The van der Waals surface area contributed by atoms with Crippen LogP contribution in [0.4, 0.5) is 10.2 Å². The predicted molar refractivity (Wildman–Crippen MR) is 111 cm³/mol. The largest absolute Gasteiger partial charge is 0.507 e. The van der Waals surface area contributed by atoms with Gasteiger partial charge in [0.25, 0.3) is 0 Å². The lowest BCUT2D eigenvalue weighted by atomic mass is 9.82. The fraction of sp³-hybridized carbons (Fsp3) is 0.429. The molecule has 2 heterocycles.